The average Bonchev–Trinajstić information content (AvgIpc) is 3.02. The van der Waals surface area contributed by atoms with E-state index < -0.39 is 7.12 Å². The van der Waals surface area contributed by atoms with Crippen LogP contribution in [-0.4, -0.2) is 46.0 Å². The summed E-state index contributed by atoms with van der Waals surface area (Å²) < 4.78 is 5.56. The summed E-state index contributed by atoms with van der Waals surface area (Å²) in [4.78, 5) is 21.2. The molecule has 2 aliphatic heterocycles. The monoisotopic (exact) mass is 325 g/mol. The number of aromatic nitrogens is 2. The molecule has 7 heteroatoms. The number of piperidine rings is 1. The molecule has 124 valence electrons. The van der Waals surface area contributed by atoms with Crippen LogP contribution >= 0.6 is 0 Å². The number of H-pyrrole nitrogens is 1. The third-order valence-electron chi connectivity index (χ3n) is 5.21. The number of nitrogens with one attached hydrogen (secondary N) is 1. The van der Waals surface area contributed by atoms with Gasteiger partial charge in [-0.1, -0.05) is 6.92 Å². The second-order valence-electron chi connectivity index (χ2n) is 6.71. The van der Waals surface area contributed by atoms with Crippen molar-refractivity contribution < 1.29 is 14.5 Å². The Morgan fingerprint density at radius 2 is 2.38 bits per heavy atom. The van der Waals surface area contributed by atoms with Crippen LogP contribution in [0.2, 0.25) is 0 Å². The van der Waals surface area contributed by atoms with Gasteiger partial charge in [-0.3, -0.25) is 4.79 Å². The van der Waals surface area contributed by atoms with Crippen molar-refractivity contribution in [1.29, 1.82) is 0 Å². The molecule has 0 spiro atoms. The number of likely N-dealkylation sites (tertiary alicyclic amines) is 1. The molecule has 4 rings (SSSR count). The topological polar surface area (TPSA) is 78.5 Å². The van der Waals surface area contributed by atoms with Gasteiger partial charge in [0.15, 0.2) is 0 Å². The van der Waals surface area contributed by atoms with Gasteiger partial charge >= 0.3 is 7.12 Å². The Hall–Kier alpha value is -2.28. The van der Waals surface area contributed by atoms with Crippen molar-refractivity contribution in [1.82, 2.24) is 14.9 Å². The van der Waals surface area contributed by atoms with Gasteiger partial charge in [0, 0.05) is 43.1 Å². The Morgan fingerprint density at radius 1 is 1.54 bits per heavy atom. The highest BCUT2D eigenvalue weighted by Crippen LogP contribution is 2.43. The van der Waals surface area contributed by atoms with Crippen LogP contribution in [0.25, 0.3) is 16.6 Å². The van der Waals surface area contributed by atoms with Crippen molar-refractivity contribution in [3.05, 3.63) is 30.0 Å². The van der Waals surface area contributed by atoms with Crippen molar-refractivity contribution in [2.75, 3.05) is 13.1 Å². The lowest BCUT2D eigenvalue weighted by molar-refractivity contribution is -0.130. The molecule has 1 amide bonds. The van der Waals surface area contributed by atoms with E-state index in [-0.39, 0.29) is 11.8 Å². The molecule has 2 aromatic rings. The van der Waals surface area contributed by atoms with E-state index in [0.717, 1.165) is 35.1 Å². The first-order valence-electron chi connectivity index (χ1n) is 8.33. The first kappa shape index (κ1) is 15.3. The lowest BCUT2D eigenvalue weighted by Gasteiger charge is -2.39. The van der Waals surface area contributed by atoms with Crippen LogP contribution in [0, 0.1) is 11.8 Å². The van der Waals surface area contributed by atoms with Gasteiger partial charge in [-0.05, 0) is 30.0 Å². The number of carbonyl (C=O) groups is 1. The van der Waals surface area contributed by atoms with E-state index in [4.69, 9.17) is 4.65 Å². The van der Waals surface area contributed by atoms with Crippen LogP contribution in [0.3, 0.4) is 0 Å². The average molecular weight is 325 g/mol. The predicted molar refractivity (Wildman–Crippen MR) is 92.2 cm³/mol. The number of carbonyl (C=O) groups excluding carboxylic acids is 1. The van der Waals surface area contributed by atoms with E-state index in [9.17, 15) is 9.82 Å². The van der Waals surface area contributed by atoms with Gasteiger partial charge in [-0.15, -0.1) is 0 Å². The van der Waals surface area contributed by atoms with Gasteiger partial charge in [0.1, 0.15) is 11.4 Å². The number of aromatic amines is 1. The fourth-order valence-electron chi connectivity index (χ4n) is 3.85. The Kier molecular flexibility index (Phi) is 3.60. The van der Waals surface area contributed by atoms with Crippen molar-refractivity contribution in [3.8, 4) is 5.75 Å². The van der Waals surface area contributed by atoms with Crippen molar-refractivity contribution >= 4 is 29.6 Å². The minimum Gasteiger partial charge on any atom is -0.531 e. The first-order chi connectivity index (χ1) is 11.5. The number of amides is 1. The smallest absolute Gasteiger partial charge is 0.531 e. The molecule has 1 fully saturated rings. The van der Waals surface area contributed by atoms with Gasteiger partial charge in [0.25, 0.3) is 0 Å². The normalized spacial score (nSPS) is 23.7. The molecule has 24 heavy (non-hydrogen) atoms. The molecule has 1 unspecified atom stereocenters. The van der Waals surface area contributed by atoms with E-state index in [0.29, 0.717) is 18.2 Å². The fraction of sp³-hybridized carbons (Fsp3) is 0.412. The maximum Gasteiger partial charge on any atom is 0.552 e. The molecule has 0 saturated carbocycles. The molecule has 2 aromatic heterocycles. The van der Waals surface area contributed by atoms with Gasteiger partial charge in [0.05, 0.1) is 6.20 Å². The Labute approximate surface area is 140 Å². The minimum atomic E-state index is -0.981. The Bertz CT molecular complexity index is 832. The van der Waals surface area contributed by atoms with E-state index in [2.05, 4.69) is 16.9 Å². The molecular formula is C17H20BN3O3. The summed E-state index contributed by atoms with van der Waals surface area (Å²) in [7, 11) is -0.981. The van der Waals surface area contributed by atoms with Crippen LogP contribution < -0.4 is 4.65 Å². The van der Waals surface area contributed by atoms with E-state index in [1.807, 2.05) is 17.2 Å². The number of rotatable bonds is 1. The standard InChI is InChI=1S/C17H20BN3O3/c1-10-4-6-21(11(2)22)9-14(10)13-7-18(23)24-15-8-20-17-12(16(13)15)3-5-19-17/h3,5,7-8,10,14,23H,4,6,9H2,1-2H3,(H,19,20)/t10-,14?/m1/s1. The molecule has 0 aromatic carbocycles. The van der Waals surface area contributed by atoms with Gasteiger partial charge < -0.3 is 19.6 Å². The molecule has 2 aliphatic rings. The molecule has 2 N–H and O–H groups in total. The number of fused-ring (bicyclic) bond motifs is 3. The first-order valence-corrected chi connectivity index (χ1v) is 8.33. The summed E-state index contributed by atoms with van der Waals surface area (Å²) in [6.07, 6.45) is 4.46. The zero-order valence-electron chi connectivity index (χ0n) is 13.8. The van der Waals surface area contributed by atoms with Gasteiger partial charge in [-0.25, -0.2) is 4.98 Å². The lowest BCUT2D eigenvalue weighted by Crippen LogP contribution is -2.43. The SMILES string of the molecule is CC(=O)N1CC[C@@H](C)C(C2=CB(O)Oc3cnc4[nH]ccc4c32)C1. The van der Waals surface area contributed by atoms with Crippen LogP contribution in [0.15, 0.2) is 24.4 Å². The summed E-state index contributed by atoms with van der Waals surface area (Å²) >= 11 is 0. The predicted octanol–water partition coefficient (Wildman–Crippen LogP) is 1.86. The van der Waals surface area contributed by atoms with Crippen molar-refractivity contribution in [2.24, 2.45) is 11.8 Å². The Balaban J connectivity index is 1.82. The summed E-state index contributed by atoms with van der Waals surface area (Å²) in [5.41, 5.74) is 2.83. The summed E-state index contributed by atoms with van der Waals surface area (Å²) in [6, 6.07) is 1.98. The zero-order chi connectivity index (χ0) is 16.8. The molecule has 6 nitrogen and oxygen atoms in total. The lowest BCUT2D eigenvalue weighted by atomic mass is 9.72. The number of hydrogen-bond donors (Lipinski definition) is 2. The highest BCUT2D eigenvalue weighted by molar-refractivity contribution is 6.52. The fourth-order valence-corrected chi connectivity index (χ4v) is 3.85. The van der Waals surface area contributed by atoms with E-state index in [1.54, 1.807) is 19.1 Å². The number of nitrogens with zero attached hydrogens (tertiary/aromatic N) is 2. The Morgan fingerprint density at radius 3 is 3.17 bits per heavy atom. The maximum atomic E-state index is 11.8. The molecule has 0 radical (unpaired) electrons. The van der Waals surface area contributed by atoms with Gasteiger partial charge in [-0.2, -0.15) is 0 Å². The van der Waals surface area contributed by atoms with E-state index in [1.165, 1.54) is 0 Å². The van der Waals surface area contributed by atoms with Crippen molar-refractivity contribution in [3.63, 3.8) is 0 Å². The maximum absolute atomic E-state index is 11.8. The highest BCUT2D eigenvalue weighted by Gasteiger charge is 2.36. The molecule has 2 atom stereocenters. The third kappa shape index (κ3) is 2.40. The largest absolute Gasteiger partial charge is 0.552 e. The summed E-state index contributed by atoms with van der Waals surface area (Å²) in [5.74, 6) is 3.06. The van der Waals surface area contributed by atoms with Crippen LogP contribution in [-0.2, 0) is 4.79 Å². The van der Waals surface area contributed by atoms with Crippen LogP contribution in [0.1, 0.15) is 25.8 Å². The molecule has 0 bridgehead atoms. The van der Waals surface area contributed by atoms with E-state index >= 15 is 0 Å². The van der Waals surface area contributed by atoms with Crippen LogP contribution in [0.4, 0.5) is 0 Å². The number of pyridine rings is 1. The molecule has 4 heterocycles. The van der Waals surface area contributed by atoms with Gasteiger partial charge in [0.2, 0.25) is 5.91 Å². The zero-order valence-corrected chi connectivity index (χ0v) is 13.8. The molecular weight excluding hydrogens is 305 g/mol. The molecule has 0 aliphatic carbocycles. The van der Waals surface area contributed by atoms with Crippen molar-refractivity contribution in [2.45, 2.75) is 20.3 Å². The second kappa shape index (κ2) is 5.67. The summed E-state index contributed by atoms with van der Waals surface area (Å²) in [5, 5.41) is 11.1. The quantitative estimate of drug-likeness (QED) is 0.785. The second-order valence-corrected chi connectivity index (χ2v) is 6.71. The highest BCUT2D eigenvalue weighted by atomic mass is 16.5. The summed E-state index contributed by atoms with van der Waals surface area (Å²) in [6.45, 7) is 5.29. The van der Waals surface area contributed by atoms with Crippen LogP contribution in [0.5, 0.6) is 5.75 Å². The minimum absolute atomic E-state index is 0.0989. The third-order valence-corrected chi connectivity index (χ3v) is 5.21. The number of hydrogen-bond acceptors (Lipinski definition) is 4. The molecule has 1 saturated heterocycles.